The van der Waals surface area contributed by atoms with E-state index in [9.17, 15) is 0 Å². The van der Waals surface area contributed by atoms with Crippen LogP contribution in [0, 0.1) is 6.92 Å². The molecule has 0 radical (unpaired) electrons. The van der Waals surface area contributed by atoms with E-state index in [1.54, 1.807) is 11.8 Å². The van der Waals surface area contributed by atoms with E-state index in [1.807, 2.05) is 25.1 Å². The van der Waals surface area contributed by atoms with Gasteiger partial charge in [-0.3, -0.25) is 4.99 Å². The van der Waals surface area contributed by atoms with Gasteiger partial charge in [0.1, 0.15) is 0 Å². The van der Waals surface area contributed by atoms with Gasteiger partial charge in [0, 0.05) is 5.75 Å². The highest BCUT2D eigenvalue weighted by atomic mass is 35.5. The van der Waals surface area contributed by atoms with E-state index < -0.39 is 0 Å². The molecular formula is C12H15ClN2S. The van der Waals surface area contributed by atoms with Crippen LogP contribution in [-0.4, -0.2) is 17.0 Å². The van der Waals surface area contributed by atoms with Crippen molar-refractivity contribution in [1.82, 2.24) is 0 Å². The maximum atomic E-state index is 6.15. The summed E-state index contributed by atoms with van der Waals surface area (Å²) < 4.78 is 0. The minimum atomic E-state index is 0.454. The topological polar surface area (TPSA) is 24.4 Å². The fraction of sp³-hybridized carbons (Fsp3) is 0.417. The van der Waals surface area contributed by atoms with Crippen molar-refractivity contribution in [3.63, 3.8) is 0 Å². The molecule has 1 heterocycles. The van der Waals surface area contributed by atoms with Crippen molar-refractivity contribution in [3.05, 3.63) is 28.8 Å². The summed E-state index contributed by atoms with van der Waals surface area (Å²) in [6, 6.07) is 6.36. The summed E-state index contributed by atoms with van der Waals surface area (Å²) in [5, 5.41) is 5.06. The highest BCUT2D eigenvalue weighted by Gasteiger charge is 2.17. The number of aryl methyl sites for hydroxylation is 1. The third-order valence-electron chi connectivity index (χ3n) is 2.64. The van der Waals surface area contributed by atoms with Crippen LogP contribution in [0.4, 0.5) is 5.69 Å². The number of nitrogens with one attached hydrogen (secondary N) is 1. The molecule has 1 N–H and O–H groups in total. The first-order valence-corrected chi connectivity index (χ1v) is 6.79. The van der Waals surface area contributed by atoms with Gasteiger partial charge in [-0.2, -0.15) is 0 Å². The Balaban J connectivity index is 2.16. The second-order valence-electron chi connectivity index (χ2n) is 3.86. The Morgan fingerprint density at radius 1 is 1.56 bits per heavy atom. The van der Waals surface area contributed by atoms with Gasteiger partial charge in [0.25, 0.3) is 0 Å². The van der Waals surface area contributed by atoms with Crippen molar-refractivity contribution in [3.8, 4) is 0 Å². The van der Waals surface area contributed by atoms with Crippen molar-refractivity contribution in [2.45, 2.75) is 26.3 Å². The SMILES string of the molecule is CCC1CSC(Nc2c(C)cccc2Cl)=N1. The third kappa shape index (κ3) is 2.53. The zero-order valence-electron chi connectivity index (χ0n) is 9.46. The van der Waals surface area contributed by atoms with Crippen molar-refractivity contribution in [2.75, 3.05) is 11.1 Å². The van der Waals surface area contributed by atoms with Crippen LogP contribution in [0.25, 0.3) is 0 Å². The number of benzene rings is 1. The molecule has 4 heteroatoms. The standard InChI is InChI=1S/C12H15ClN2S/c1-3-9-7-16-12(14-9)15-11-8(2)5-4-6-10(11)13/h4-6,9H,3,7H2,1-2H3,(H,14,15). The number of amidine groups is 1. The van der Waals surface area contributed by atoms with Crippen molar-refractivity contribution in [2.24, 2.45) is 4.99 Å². The predicted molar refractivity (Wildman–Crippen MR) is 73.8 cm³/mol. The zero-order chi connectivity index (χ0) is 11.5. The Bertz CT molecular complexity index is 397. The lowest BCUT2D eigenvalue weighted by atomic mass is 10.2. The molecule has 0 bridgehead atoms. The summed E-state index contributed by atoms with van der Waals surface area (Å²) in [7, 11) is 0. The molecule has 2 rings (SSSR count). The summed E-state index contributed by atoms with van der Waals surface area (Å²) >= 11 is 7.92. The van der Waals surface area contributed by atoms with E-state index in [-0.39, 0.29) is 0 Å². The largest absolute Gasteiger partial charge is 0.334 e. The molecule has 0 aromatic heterocycles. The van der Waals surface area contributed by atoms with Crippen molar-refractivity contribution < 1.29 is 0 Å². The summed E-state index contributed by atoms with van der Waals surface area (Å²) in [6.45, 7) is 4.21. The van der Waals surface area contributed by atoms with E-state index in [4.69, 9.17) is 11.6 Å². The Morgan fingerprint density at radius 3 is 3.00 bits per heavy atom. The minimum Gasteiger partial charge on any atom is -0.334 e. The first-order chi connectivity index (χ1) is 7.70. The van der Waals surface area contributed by atoms with Gasteiger partial charge in [-0.25, -0.2) is 0 Å². The molecule has 16 heavy (non-hydrogen) atoms. The van der Waals surface area contributed by atoms with Crippen LogP contribution in [0.2, 0.25) is 5.02 Å². The van der Waals surface area contributed by atoms with E-state index in [0.29, 0.717) is 6.04 Å². The molecule has 1 unspecified atom stereocenters. The number of halogens is 1. The van der Waals surface area contributed by atoms with Crippen LogP contribution >= 0.6 is 23.4 Å². The number of hydrogen-bond donors (Lipinski definition) is 1. The van der Waals surface area contributed by atoms with Gasteiger partial charge in [-0.1, -0.05) is 42.4 Å². The Labute approximate surface area is 105 Å². The van der Waals surface area contributed by atoms with Gasteiger partial charge >= 0.3 is 0 Å². The van der Waals surface area contributed by atoms with Gasteiger partial charge in [-0.05, 0) is 25.0 Å². The lowest BCUT2D eigenvalue weighted by Gasteiger charge is -2.10. The van der Waals surface area contributed by atoms with E-state index in [1.165, 1.54) is 0 Å². The maximum Gasteiger partial charge on any atom is 0.161 e. The highest BCUT2D eigenvalue weighted by Crippen LogP contribution is 2.28. The normalized spacial score (nSPS) is 19.7. The average Bonchev–Trinajstić information content (AvgIpc) is 2.71. The number of anilines is 1. The molecule has 0 spiro atoms. The lowest BCUT2D eigenvalue weighted by Crippen LogP contribution is -2.07. The quantitative estimate of drug-likeness (QED) is 0.865. The average molecular weight is 255 g/mol. The van der Waals surface area contributed by atoms with Crippen LogP contribution in [0.15, 0.2) is 23.2 Å². The van der Waals surface area contributed by atoms with E-state index in [2.05, 4.69) is 17.2 Å². The van der Waals surface area contributed by atoms with Gasteiger partial charge in [0.05, 0.1) is 16.8 Å². The molecule has 0 saturated heterocycles. The molecular weight excluding hydrogens is 240 g/mol. The van der Waals surface area contributed by atoms with Crippen LogP contribution in [0.1, 0.15) is 18.9 Å². The second kappa shape index (κ2) is 5.11. The molecule has 0 amide bonds. The van der Waals surface area contributed by atoms with Crippen molar-refractivity contribution >= 4 is 34.2 Å². The smallest absolute Gasteiger partial charge is 0.161 e. The number of aliphatic imine (C=N–C) groups is 1. The third-order valence-corrected chi connectivity index (χ3v) is 3.98. The van der Waals surface area contributed by atoms with Gasteiger partial charge < -0.3 is 5.32 Å². The monoisotopic (exact) mass is 254 g/mol. The summed E-state index contributed by atoms with van der Waals surface area (Å²) in [5.74, 6) is 1.07. The highest BCUT2D eigenvalue weighted by molar-refractivity contribution is 8.14. The number of rotatable bonds is 2. The fourth-order valence-electron chi connectivity index (χ4n) is 1.59. The number of nitrogens with zero attached hydrogens (tertiary/aromatic N) is 1. The Hall–Kier alpha value is -0.670. The zero-order valence-corrected chi connectivity index (χ0v) is 11.0. The maximum absolute atomic E-state index is 6.15. The van der Waals surface area contributed by atoms with Crippen LogP contribution in [0.5, 0.6) is 0 Å². The molecule has 0 fully saturated rings. The summed E-state index contributed by atoms with van der Waals surface area (Å²) in [6.07, 6.45) is 1.10. The van der Waals surface area contributed by atoms with E-state index >= 15 is 0 Å². The molecule has 0 aliphatic carbocycles. The first kappa shape index (κ1) is 11.8. The molecule has 86 valence electrons. The summed E-state index contributed by atoms with van der Waals surface area (Å²) in [4.78, 5) is 4.59. The Morgan fingerprint density at radius 2 is 2.38 bits per heavy atom. The number of para-hydroxylation sites is 1. The molecule has 1 aliphatic rings. The van der Waals surface area contributed by atoms with Gasteiger partial charge in [-0.15, -0.1) is 0 Å². The van der Waals surface area contributed by atoms with E-state index in [0.717, 1.165) is 33.6 Å². The predicted octanol–water partition coefficient (Wildman–Crippen LogP) is 3.94. The summed E-state index contributed by atoms with van der Waals surface area (Å²) in [5.41, 5.74) is 2.13. The number of thioether (sulfide) groups is 1. The second-order valence-corrected chi connectivity index (χ2v) is 5.28. The van der Waals surface area contributed by atoms with Crippen LogP contribution < -0.4 is 5.32 Å². The minimum absolute atomic E-state index is 0.454. The fourth-order valence-corrected chi connectivity index (χ4v) is 2.92. The van der Waals surface area contributed by atoms with Crippen LogP contribution in [-0.2, 0) is 0 Å². The molecule has 0 saturated carbocycles. The van der Waals surface area contributed by atoms with Gasteiger partial charge in [0.2, 0.25) is 0 Å². The molecule has 1 atom stereocenters. The molecule has 2 nitrogen and oxygen atoms in total. The lowest BCUT2D eigenvalue weighted by molar-refractivity contribution is 0.738. The van der Waals surface area contributed by atoms with Crippen LogP contribution in [0.3, 0.4) is 0 Å². The van der Waals surface area contributed by atoms with Gasteiger partial charge in [0.15, 0.2) is 5.17 Å². The molecule has 1 aromatic rings. The Kier molecular flexibility index (Phi) is 3.77. The number of hydrogen-bond acceptors (Lipinski definition) is 3. The molecule has 1 aliphatic heterocycles. The molecule has 1 aromatic carbocycles. The van der Waals surface area contributed by atoms with Crippen molar-refractivity contribution in [1.29, 1.82) is 0 Å². The first-order valence-electron chi connectivity index (χ1n) is 5.43.